The average molecular weight is 222 g/mol. The van der Waals surface area contributed by atoms with E-state index >= 15 is 0 Å². The molecule has 0 atom stereocenters. The summed E-state index contributed by atoms with van der Waals surface area (Å²) >= 11 is 5.84. The number of hydrogen-bond acceptors (Lipinski definition) is 2. The largest absolute Gasteiger partial charge is 0.724 e. The molecule has 4 nitrogen and oxygen atoms in total. The van der Waals surface area contributed by atoms with E-state index in [2.05, 4.69) is 4.98 Å². The summed E-state index contributed by atoms with van der Waals surface area (Å²) in [6, 6.07) is 6.80. The maximum absolute atomic E-state index is 11.3. The Kier molecular flexibility index (Phi) is 3.80. The quantitative estimate of drug-likeness (QED) is 0.546. The molecule has 0 radical (unpaired) electrons. The number of H-pyrrole nitrogens is 1. The van der Waals surface area contributed by atoms with Crippen molar-refractivity contribution in [3.8, 4) is 0 Å². The van der Waals surface area contributed by atoms with Crippen LogP contribution in [0.3, 0.4) is 0 Å². The maximum Gasteiger partial charge on any atom is 0.190 e. The predicted octanol–water partition coefficient (Wildman–Crippen LogP) is 2.07. The summed E-state index contributed by atoms with van der Waals surface area (Å²) in [6.45, 7) is 0. The Morgan fingerprint density at radius 3 is 2.60 bits per heavy atom. The molecule has 0 saturated heterocycles. The summed E-state index contributed by atoms with van der Waals surface area (Å²) < 4.78 is 0. The van der Waals surface area contributed by atoms with Gasteiger partial charge in [-0.3, -0.25) is 9.59 Å². The van der Waals surface area contributed by atoms with Gasteiger partial charge in [-0.2, -0.15) is 0 Å². The molecule has 0 amide bonds. The molecule has 5 heteroatoms. The van der Waals surface area contributed by atoms with Crippen molar-refractivity contribution in [1.29, 1.82) is 0 Å². The molecule has 15 heavy (non-hydrogen) atoms. The van der Waals surface area contributed by atoms with Crippen molar-refractivity contribution < 1.29 is 4.79 Å². The van der Waals surface area contributed by atoms with Crippen LogP contribution in [0, 0.1) is 0 Å². The lowest BCUT2D eigenvalue weighted by Gasteiger charge is -1.96. The first kappa shape index (κ1) is 11.2. The average Bonchev–Trinajstić information content (AvgIpc) is 2.19. The normalized spacial score (nSPS) is 8.87. The molecule has 1 aromatic carbocycles. The lowest BCUT2D eigenvalue weighted by Crippen LogP contribution is -1.99. The van der Waals surface area contributed by atoms with Crippen LogP contribution in [0.4, 0.5) is 0 Å². The Morgan fingerprint density at radius 1 is 1.33 bits per heavy atom. The van der Waals surface area contributed by atoms with Crippen molar-refractivity contribution in [3.05, 3.63) is 51.1 Å². The smallest absolute Gasteiger partial charge is 0.190 e. The number of pyridine rings is 1. The van der Waals surface area contributed by atoms with Crippen LogP contribution in [-0.4, -0.2) is 11.1 Å². The van der Waals surface area contributed by atoms with Gasteiger partial charge in [0.2, 0.25) is 0 Å². The third kappa shape index (κ3) is 2.53. The topological polar surface area (TPSA) is 72.2 Å². The van der Waals surface area contributed by atoms with E-state index in [1.807, 2.05) is 6.07 Å². The second kappa shape index (κ2) is 5.10. The van der Waals surface area contributed by atoms with E-state index in [0.29, 0.717) is 16.5 Å². The van der Waals surface area contributed by atoms with E-state index in [-0.39, 0.29) is 5.43 Å². The molecule has 0 fully saturated rings. The molecular formula is C10H6ClN2O2-. The number of carbonyl (C=O) groups excluding carboxylic acids is 1. The number of aromatic amines is 1. The lowest BCUT2D eigenvalue weighted by atomic mass is 10.2. The van der Waals surface area contributed by atoms with Crippen molar-refractivity contribution in [2.45, 2.75) is 0 Å². The molecule has 0 spiro atoms. The van der Waals surface area contributed by atoms with Gasteiger partial charge in [0.1, 0.15) is 0 Å². The van der Waals surface area contributed by atoms with Gasteiger partial charge in [0.05, 0.1) is 15.9 Å². The molecule has 2 rings (SSSR count). The molecule has 0 saturated carbocycles. The monoisotopic (exact) mass is 221 g/mol. The maximum atomic E-state index is 11.3. The van der Waals surface area contributed by atoms with Gasteiger partial charge in [-0.05, 0) is 18.2 Å². The fraction of sp³-hybridized carbons (Fsp3) is 0. The van der Waals surface area contributed by atoms with E-state index in [0.717, 1.165) is 5.52 Å². The number of hydrogen-bond donors (Lipinski definition) is 1. The number of nitrogens with zero attached hydrogens (tertiary/aromatic N) is 1. The first-order valence-corrected chi connectivity index (χ1v) is 4.35. The van der Waals surface area contributed by atoms with Crippen LogP contribution in [0.2, 0.25) is 5.02 Å². The van der Waals surface area contributed by atoms with Crippen molar-refractivity contribution in [3.63, 3.8) is 0 Å². The summed E-state index contributed by atoms with van der Waals surface area (Å²) in [7, 11) is 0. The summed E-state index contributed by atoms with van der Waals surface area (Å²) in [4.78, 5) is 22.5. The van der Waals surface area contributed by atoms with E-state index in [4.69, 9.17) is 21.8 Å². The van der Waals surface area contributed by atoms with E-state index < -0.39 is 0 Å². The minimum Gasteiger partial charge on any atom is -0.724 e. The molecule has 1 aromatic heterocycles. The van der Waals surface area contributed by atoms with Gasteiger partial charge in [-0.1, -0.05) is 17.7 Å². The van der Waals surface area contributed by atoms with Crippen molar-refractivity contribution in [2.75, 3.05) is 0 Å². The SMILES string of the molecule is O=c1cc[nH]c2cccc(Cl)c12.[N-]=C=O. The van der Waals surface area contributed by atoms with Crippen LogP contribution < -0.4 is 5.43 Å². The molecule has 0 aliphatic heterocycles. The van der Waals surface area contributed by atoms with Gasteiger partial charge >= 0.3 is 0 Å². The van der Waals surface area contributed by atoms with Crippen molar-refractivity contribution in [2.24, 2.45) is 0 Å². The van der Waals surface area contributed by atoms with Gasteiger partial charge in [-0.25, -0.2) is 0 Å². The number of isocyanates is 1. The van der Waals surface area contributed by atoms with Crippen LogP contribution >= 0.6 is 11.6 Å². The summed E-state index contributed by atoms with van der Waals surface area (Å²) in [6.07, 6.45) is 2.11. The first-order chi connectivity index (χ1) is 7.20. The van der Waals surface area contributed by atoms with Gasteiger partial charge in [0.15, 0.2) is 5.43 Å². The van der Waals surface area contributed by atoms with Crippen LogP contribution in [-0.2, 0) is 4.79 Å². The Balaban J connectivity index is 0.000000337. The van der Waals surface area contributed by atoms with Crippen LogP contribution in [0.15, 0.2) is 35.3 Å². The molecular weight excluding hydrogens is 216 g/mol. The number of fused-ring (bicyclic) bond motifs is 1. The van der Waals surface area contributed by atoms with Crippen LogP contribution in [0.5, 0.6) is 0 Å². The third-order valence-corrected chi connectivity index (χ3v) is 2.05. The summed E-state index contributed by atoms with van der Waals surface area (Å²) in [5.74, 6) is 0. The fourth-order valence-corrected chi connectivity index (χ4v) is 1.45. The van der Waals surface area contributed by atoms with Gasteiger partial charge in [-0.15, -0.1) is 0 Å². The van der Waals surface area contributed by atoms with E-state index in [1.165, 1.54) is 6.07 Å². The highest BCUT2D eigenvalue weighted by atomic mass is 35.5. The van der Waals surface area contributed by atoms with Gasteiger partial charge < -0.3 is 10.4 Å². The highest BCUT2D eigenvalue weighted by molar-refractivity contribution is 6.35. The van der Waals surface area contributed by atoms with E-state index in [9.17, 15) is 4.79 Å². The minimum atomic E-state index is -0.0469. The highest BCUT2D eigenvalue weighted by Crippen LogP contribution is 2.17. The Hall–Kier alpha value is -1.90. The summed E-state index contributed by atoms with van der Waals surface area (Å²) in [5.41, 5.74) is 0.726. The second-order valence-corrected chi connectivity index (χ2v) is 3.00. The zero-order chi connectivity index (χ0) is 11.3. The molecule has 0 aliphatic carbocycles. The molecule has 0 unspecified atom stereocenters. The van der Waals surface area contributed by atoms with Crippen LogP contribution in [0.1, 0.15) is 0 Å². The predicted molar refractivity (Wildman–Crippen MR) is 58.6 cm³/mol. The molecule has 1 heterocycles. The zero-order valence-corrected chi connectivity index (χ0v) is 8.28. The van der Waals surface area contributed by atoms with Crippen molar-refractivity contribution >= 4 is 28.6 Å². The van der Waals surface area contributed by atoms with Crippen molar-refractivity contribution in [1.82, 2.24) is 4.98 Å². The number of rotatable bonds is 0. The number of aromatic nitrogens is 1. The van der Waals surface area contributed by atoms with Crippen LogP contribution in [0.25, 0.3) is 16.3 Å². The third-order valence-electron chi connectivity index (χ3n) is 1.73. The fourth-order valence-electron chi connectivity index (χ4n) is 1.19. The first-order valence-electron chi connectivity index (χ1n) is 3.98. The Morgan fingerprint density at radius 2 is 2.00 bits per heavy atom. The van der Waals surface area contributed by atoms with Gasteiger partial charge in [0.25, 0.3) is 0 Å². The molecule has 0 aliphatic rings. The zero-order valence-electron chi connectivity index (χ0n) is 7.53. The van der Waals surface area contributed by atoms with Gasteiger partial charge in [0, 0.05) is 12.3 Å². The standard InChI is InChI=1S/C9H6ClNO.CNO/c10-6-2-1-3-7-9(6)8(12)4-5-11-7;2-1-3/h1-5H,(H,11,12);/q;-1. The molecule has 76 valence electrons. The minimum absolute atomic E-state index is 0.0469. The number of benzene rings is 1. The molecule has 1 N–H and O–H groups in total. The highest BCUT2D eigenvalue weighted by Gasteiger charge is 2.00. The Labute approximate surface area is 90.0 Å². The Bertz CT molecular complexity index is 551. The van der Waals surface area contributed by atoms with E-state index in [1.54, 1.807) is 18.3 Å². The second-order valence-electron chi connectivity index (χ2n) is 2.60. The lowest BCUT2D eigenvalue weighted by molar-refractivity contribution is 0.569. The molecule has 2 aromatic rings. The summed E-state index contributed by atoms with van der Waals surface area (Å²) in [5, 5.41) is 7.82. The molecule has 0 bridgehead atoms. The number of halogens is 1. The number of nitrogens with one attached hydrogen (secondary N) is 1.